The van der Waals surface area contributed by atoms with E-state index in [1.54, 1.807) is 25.7 Å². The lowest BCUT2D eigenvalue weighted by Gasteiger charge is -2.34. The maximum absolute atomic E-state index is 13.4. The molecule has 2 N–H and O–H groups in total. The van der Waals surface area contributed by atoms with Crippen LogP contribution in [0.4, 0.5) is 4.79 Å². The van der Waals surface area contributed by atoms with Crippen molar-refractivity contribution in [3.8, 4) is 0 Å². The molecule has 0 aromatic carbocycles. The molecule has 2 aliphatic rings. The first-order chi connectivity index (χ1) is 18.9. The van der Waals surface area contributed by atoms with Crippen molar-refractivity contribution in [3.05, 3.63) is 21.7 Å². The summed E-state index contributed by atoms with van der Waals surface area (Å²) >= 11 is 1.52. The Morgan fingerprint density at radius 1 is 1.20 bits per heavy atom. The average Bonchev–Trinajstić information content (AvgIpc) is 3.39. The van der Waals surface area contributed by atoms with Crippen LogP contribution in [0, 0.1) is 24.2 Å². The second-order valence-corrected chi connectivity index (χ2v) is 14.5. The van der Waals surface area contributed by atoms with Crippen molar-refractivity contribution in [2.24, 2.45) is 17.3 Å². The lowest BCUT2D eigenvalue weighted by atomic mass is 9.73. The van der Waals surface area contributed by atoms with Gasteiger partial charge in [0.15, 0.2) is 0 Å². The van der Waals surface area contributed by atoms with E-state index >= 15 is 0 Å². The van der Waals surface area contributed by atoms with Crippen molar-refractivity contribution in [1.82, 2.24) is 9.88 Å². The highest BCUT2D eigenvalue weighted by molar-refractivity contribution is 7.09. The minimum absolute atomic E-state index is 0.0961. The highest BCUT2D eigenvalue weighted by Crippen LogP contribution is 2.40. The summed E-state index contributed by atoms with van der Waals surface area (Å²) in [5, 5.41) is 24.8. The number of hydrogen-bond donors (Lipinski definition) is 2. The second kappa shape index (κ2) is 12.9. The van der Waals surface area contributed by atoms with Crippen LogP contribution < -0.4 is 0 Å². The minimum Gasteiger partial charge on any atom is -0.458 e. The molecule has 7 atom stereocenters. The van der Waals surface area contributed by atoms with E-state index in [-0.39, 0.29) is 30.2 Å². The Labute approximate surface area is 248 Å². The molecular weight excluding hydrogens is 544 g/mol. The van der Waals surface area contributed by atoms with Crippen LogP contribution in [0.1, 0.15) is 98.2 Å². The highest BCUT2D eigenvalue weighted by atomic mass is 32.1. The van der Waals surface area contributed by atoms with Gasteiger partial charge in [-0.05, 0) is 65.0 Å². The van der Waals surface area contributed by atoms with Crippen LogP contribution in [0.25, 0.3) is 6.08 Å². The smallest absolute Gasteiger partial charge is 0.410 e. The van der Waals surface area contributed by atoms with E-state index in [9.17, 15) is 24.6 Å². The van der Waals surface area contributed by atoms with Crippen LogP contribution >= 0.6 is 11.3 Å². The Bertz CT molecular complexity index is 1140. The Balaban J connectivity index is 1.94. The fourth-order valence-electron chi connectivity index (χ4n) is 5.68. The normalized spacial score (nSPS) is 32.2. The van der Waals surface area contributed by atoms with Crippen molar-refractivity contribution in [3.63, 3.8) is 0 Å². The molecule has 41 heavy (non-hydrogen) atoms. The molecule has 230 valence electrons. The first-order valence-electron chi connectivity index (χ1n) is 14.6. The number of hydrogen-bond acceptors (Lipinski definition) is 9. The van der Waals surface area contributed by atoms with Gasteiger partial charge in [0.05, 0.1) is 46.8 Å². The number of esters is 1. The lowest BCUT2D eigenvalue weighted by molar-refractivity contribution is -0.154. The molecule has 2 aliphatic heterocycles. The summed E-state index contributed by atoms with van der Waals surface area (Å²) in [5.74, 6) is -1.81. The van der Waals surface area contributed by atoms with Gasteiger partial charge in [0.1, 0.15) is 17.5 Å². The number of thiazole rings is 1. The van der Waals surface area contributed by atoms with Crippen molar-refractivity contribution >= 4 is 35.3 Å². The number of aromatic nitrogens is 1. The van der Waals surface area contributed by atoms with Gasteiger partial charge in [-0.2, -0.15) is 0 Å². The summed E-state index contributed by atoms with van der Waals surface area (Å²) in [5.41, 5.74) is -0.380. The van der Waals surface area contributed by atoms with Crippen molar-refractivity contribution in [1.29, 1.82) is 0 Å². The van der Waals surface area contributed by atoms with Crippen LogP contribution in [0.5, 0.6) is 0 Å². The summed E-state index contributed by atoms with van der Waals surface area (Å²) < 4.78 is 11.6. The predicted octanol–water partition coefficient (Wildman–Crippen LogP) is 5.31. The zero-order chi connectivity index (χ0) is 30.9. The van der Waals surface area contributed by atoms with E-state index in [4.69, 9.17) is 9.47 Å². The molecule has 3 heterocycles. The monoisotopic (exact) mass is 592 g/mol. The third-order valence-electron chi connectivity index (χ3n) is 8.42. The number of rotatable bonds is 2. The van der Waals surface area contributed by atoms with Crippen molar-refractivity contribution in [2.75, 3.05) is 0 Å². The lowest BCUT2D eigenvalue weighted by Crippen LogP contribution is -2.45. The number of Topliss-reactive ketones (excluding diaryl/α,β-unsaturated/α-hetero) is 1. The molecule has 9 nitrogen and oxygen atoms in total. The molecule has 10 heteroatoms. The summed E-state index contributed by atoms with van der Waals surface area (Å²) in [4.78, 5) is 45.9. The van der Waals surface area contributed by atoms with Crippen LogP contribution in [0.2, 0.25) is 0 Å². The number of amides is 1. The quantitative estimate of drug-likeness (QED) is 0.350. The third-order valence-corrected chi connectivity index (χ3v) is 9.21. The number of cyclic esters (lactones) is 1. The average molecular weight is 593 g/mol. The maximum Gasteiger partial charge on any atom is 0.410 e. The van der Waals surface area contributed by atoms with Gasteiger partial charge in [-0.25, -0.2) is 9.78 Å². The Morgan fingerprint density at radius 2 is 1.85 bits per heavy atom. The number of aryl methyl sites for hydroxylation is 1. The van der Waals surface area contributed by atoms with E-state index in [1.807, 2.05) is 53.0 Å². The topological polar surface area (TPSA) is 126 Å². The molecule has 0 radical (unpaired) electrons. The number of nitrogens with zero attached hydrogens (tertiary/aromatic N) is 2. The molecule has 0 saturated carbocycles. The van der Waals surface area contributed by atoms with Crippen molar-refractivity contribution < 1.29 is 34.1 Å². The van der Waals surface area contributed by atoms with Crippen LogP contribution in [0.3, 0.4) is 0 Å². The molecule has 2 fully saturated rings. The van der Waals surface area contributed by atoms with Gasteiger partial charge in [0, 0.05) is 17.7 Å². The predicted molar refractivity (Wildman–Crippen MR) is 158 cm³/mol. The molecule has 0 bridgehead atoms. The number of ether oxygens (including phenoxy) is 2. The van der Waals surface area contributed by atoms with Gasteiger partial charge >= 0.3 is 12.1 Å². The van der Waals surface area contributed by atoms with Gasteiger partial charge < -0.3 is 19.7 Å². The molecule has 3 rings (SSSR count). The Morgan fingerprint density at radius 3 is 2.44 bits per heavy atom. The standard InChI is InChI=1S/C31H48N2O7S/c1-17-11-10-12-22-23(33(22)29(38)40-30(5,6)7)14-24(18(2)13-21-16-41-20(4)32-21)39-26(35)15-25(34)31(8,9)28(37)19(3)27(17)36/h13,16-17,19,22-25,27,34,36H,10-12,14-15H2,1-9H3/t17-,19+,22+,23+,24-,25-,27-,33?/m1/s1. The van der Waals surface area contributed by atoms with E-state index in [2.05, 4.69) is 4.98 Å². The molecule has 0 unspecified atom stereocenters. The van der Waals surface area contributed by atoms with Gasteiger partial charge in [-0.15, -0.1) is 11.3 Å². The van der Waals surface area contributed by atoms with Gasteiger partial charge in [0.2, 0.25) is 0 Å². The minimum atomic E-state index is -1.29. The third kappa shape index (κ3) is 8.38. The number of aliphatic hydroxyl groups is 2. The summed E-state index contributed by atoms with van der Waals surface area (Å²) in [7, 11) is 0. The molecule has 1 aromatic rings. The largest absolute Gasteiger partial charge is 0.458 e. The zero-order valence-electron chi connectivity index (χ0n) is 26.0. The number of carbonyl (C=O) groups excluding carboxylic acids is 3. The zero-order valence-corrected chi connectivity index (χ0v) is 26.8. The fourth-order valence-corrected chi connectivity index (χ4v) is 6.25. The second-order valence-electron chi connectivity index (χ2n) is 13.4. The summed E-state index contributed by atoms with van der Waals surface area (Å²) in [6, 6.07) is -0.292. The first-order valence-corrected chi connectivity index (χ1v) is 15.5. The number of carbonyl (C=O) groups is 3. The van der Waals surface area contributed by atoms with Crippen LogP contribution in [-0.4, -0.2) is 73.9 Å². The summed E-state index contributed by atoms with van der Waals surface area (Å²) in [6.45, 7) is 16.1. The number of fused-ring (bicyclic) bond motifs is 1. The first kappa shape index (κ1) is 33.2. The molecular formula is C31H48N2O7S. The van der Waals surface area contributed by atoms with Gasteiger partial charge in [-0.3, -0.25) is 14.5 Å². The van der Waals surface area contributed by atoms with Crippen LogP contribution in [0.15, 0.2) is 11.0 Å². The molecule has 2 saturated heterocycles. The number of aliphatic hydroxyl groups excluding tert-OH is 2. The van der Waals surface area contributed by atoms with E-state index < -0.39 is 47.3 Å². The molecule has 1 amide bonds. The maximum atomic E-state index is 13.4. The van der Waals surface area contributed by atoms with E-state index in [1.165, 1.54) is 11.3 Å². The SMILES string of the molecule is CC(=Cc1csc(C)n1)[C@H]1C[C@H]2[C@H](CCC[C@@H](C)[C@@H](O)[C@H](C)C(=O)C(C)(C)[C@H](O)CC(=O)O1)N2C(=O)OC(C)(C)C. The van der Waals surface area contributed by atoms with E-state index in [0.717, 1.165) is 22.7 Å². The molecule has 0 spiro atoms. The fraction of sp³-hybridized carbons (Fsp3) is 0.742. The summed E-state index contributed by atoms with van der Waals surface area (Å²) in [6.07, 6.45) is 0.730. The highest BCUT2D eigenvalue weighted by Gasteiger charge is 2.53. The van der Waals surface area contributed by atoms with Gasteiger partial charge in [0.25, 0.3) is 0 Å². The Hall–Kier alpha value is -2.30. The van der Waals surface area contributed by atoms with Crippen molar-refractivity contribution in [2.45, 2.75) is 130 Å². The van der Waals surface area contributed by atoms with E-state index in [0.29, 0.717) is 19.3 Å². The number of ketones is 1. The van der Waals surface area contributed by atoms with Crippen LogP contribution in [-0.2, 0) is 19.1 Å². The van der Waals surface area contributed by atoms with Gasteiger partial charge in [-0.1, -0.05) is 34.1 Å². The molecule has 0 aliphatic carbocycles. The Kier molecular flexibility index (Phi) is 10.5. The molecule has 1 aromatic heterocycles.